The number of nitrogens with one attached hydrogen (secondary N) is 1. The lowest BCUT2D eigenvalue weighted by molar-refractivity contribution is -0.142. The van der Waals surface area contributed by atoms with E-state index in [1.807, 2.05) is 11.0 Å². The van der Waals surface area contributed by atoms with Crippen molar-refractivity contribution in [3.8, 4) is 0 Å². The molecule has 0 radical (unpaired) electrons. The van der Waals surface area contributed by atoms with Crippen molar-refractivity contribution in [3.63, 3.8) is 0 Å². The largest absolute Gasteiger partial charge is 0.337 e. The summed E-state index contributed by atoms with van der Waals surface area (Å²) in [6.07, 6.45) is 2.08. The number of hydrogen-bond acceptors (Lipinski definition) is 3. The molecule has 1 atom stereocenters. The third kappa shape index (κ3) is 3.58. The molecule has 2 heterocycles. The van der Waals surface area contributed by atoms with Gasteiger partial charge in [-0.05, 0) is 61.3 Å². The highest BCUT2D eigenvalue weighted by Crippen LogP contribution is 2.30. The summed E-state index contributed by atoms with van der Waals surface area (Å²) in [7, 11) is 0. The van der Waals surface area contributed by atoms with Gasteiger partial charge in [-0.25, -0.2) is 0 Å². The molecule has 0 aromatic carbocycles. The van der Waals surface area contributed by atoms with E-state index in [0.717, 1.165) is 42.8 Å². The van der Waals surface area contributed by atoms with Gasteiger partial charge in [0.25, 0.3) is 0 Å². The molecule has 1 aliphatic heterocycles. The van der Waals surface area contributed by atoms with Gasteiger partial charge in [0.15, 0.2) is 0 Å². The van der Waals surface area contributed by atoms with Crippen molar-refractivity contribution in [1.82, 2.24) is 10.2 Å². The fourth-order valence-corrected chi connectivity index (χ4v) is 4.07. The molecule has 106 valence electrons. The molecular formula is C14H21BrN2OS. The maximum atomic E-state index is 12.7. The SMILES string of the molecule is CCN(Cc1ccc(Br)s1)C(=O)C1(C)CCCNC1. The predicted molar refractivity (Wildman–Crippen MR) is 83.3 cm³/mol. The second kappa shape index (κ2) is 6.37. The highest BCUT2D eigenvalue weighted by Gasteiger charge is 2.37. The summed E-state index contributed by atoms with van der Waals surface area (Å²) in [4.78, 5) is 15.9. The zero-order chi connectivity index (χ0) is 13.9. The van der Waals surface area contributed by atoms with E-state index in [2.05, 4.69) is 41.2 Å². The number of halogens is 1. The zero-order valence-electron chi connectivity index (χ0n) is 11.5. The van der Waals surface area contributed by atoms with Crippen LogP contribution in [-0.4, -0.2) is 30.4 Å². The quantitative estimate of drug-likeness (QED) is 0.909. The molecule has 19 heavy (non-hydrogen) atoms. The molecule has 5 heteroatoms. The van der Waals surface area contributed by atoms with Crippen molar-refractivity contribution >= 4 is 33.2 Å². The van der Waals surface area contributed by atoms with E-state index in [-0.39, 0.29) is 11.3 Å². The first kappa shape index (κ1) is 15.0. The minimum Gasteiger partial charge on any atom is -0.337 e. The van der Waals surface area contributed by atoms with Gasteiger partial charge in [-0.1, -0.05) is 0 Å². The lowest BCUT2D eigenvalue weighted by Gasteiger charge is -2.37. The van der Waals surface area contributed by atoms with E-state index in [1.54, 1.807) is 11.3 Å². The van der Waals surface area contributed by atoms with Gasteiger partial charge in [0.1, 0.15) is 0 Å². The smallest absolute Gasteiger partial charge is 0.230 e. The summed E-state index contributed by atoms with van der Waals surface area (Å²) in [5.74, 6) is 0.284. The molecule has 3 nitrogen and oxygen atoms in total. The molecule has 1 amide bonds. The van der Waals surface area contributed by atoms with Crippen molar-refractivity contribution in [2.45, 2.75) is 33.2 Å². The monoisotopic (exact) mass is 344 g/mol. The Morgan fingerprint density at radius 2 is 2.37 bits per heavy atom. The number of carbonyl (C=O) groups is 1. The molecule has 1 saturated heterocycles. The van der Waals surface area contributed by atoms with Crippen LogP contribution in [0.25, 0.3) is 0 Å². The summed E-state index contributed by atoms with van der Waals surface area (Å²) in [6.45, 7) is 7.48. The summed E-state index contributed by atoms with van der Waals surface area (Å²) in [5, 5.41) is 3.35. The predicted octanol–water partition coefficient (Wildman–Crippen LogP) is 3.25. The summed E-state index contributed by atoms with van der Waals surface area (Å²) in [6, 6.07) is 4.13. The molecular weight excluding hydrogens is 324 g/mol. The van der Waals surface area contributed by atoms with E-state index >= 15 is 0 Å². The van der Waals surface area contributed by atoms with Crippen LogP contribution in [-0.2, 0) is 11.3 Å². The van der Waals surface area contributed by atoms with Gasteiger partial charge < -0.3 is 10.2 Å². The summed E-state index contributed by atoms with van der Waals surface area (Å²) < 4.78 is 1.12. The number of thiophene rings is 1. The highest BCUT2D eigenvalue weighted by molar-refractivity contribution is 9.11. The van der Waals surface area contributed by atoms with Gasteiger partial charge in [-0.15, -0.1) is 11.3 Å². The van der Waals surface area contributed by atoms with Gasteiger partial charge in [0.05, 0.1) is 15.7 Å². The number of piperidine rings is 1. The standard InChI is InChI=1S/C14H21BrN2OS/c1-3-17(9-11-5-6-12(15)19-11)13(18)14(2)7-4-8-16-10-14/h5-6,16H,3-4,7-10H2,1-2H3. The number of carbonyl (C=O) groups excluding carboxylic acids is 1. The lowest BCUT2D eigenvalue weighted by atomic mass is 9.81. The average Bonchev–Trinajstić information content (AvgIpc) is 2.81. The number of hydrogen-bond donors (Lipinski definition) is 1. The Hall–Kier alpha value is -0.390. The van der Waals surface area contributed by atoms with E-state index in [0.29, 0.717) is 0 Å². The van der Waals surface area contributed by atoms with Crippen LogP contribution in [0.5, 0.6) is 0 Å². The molecule has 1 aromatic rings. The number of rotatable bonds is 4. The first-order valence-corrected chi connectivity index (χ1v) is 8.40. The molecule has 1 unspecified atom stereocenters. The zero-order valence-corrected chi connectivity index (χ0v) is 13.9. The van der Waals surface area contributed by atoms with E-state index in [9.17, 15) is 4.79 Å². The fourth-order valence-electron chi connectivity index (χ4n) is 2.57. The van der Waals surface area contributed by atoms with Crippen LogP contribution < -0.4 is 5.32 Å². The molecule has 0 saturated carbocycles. The maximum absolute atomic E-state index is 12.7. The Balaban J connectivity index is 2.06. The van der Waals surface area contributed by atoms with Crippen LogP contribution in [0.2, 0.25) is 0 Å². The molecule has 1 N–H and O–H groups in total. The first-order chi connectivity index (χ1) is 9.05. The Kier molecular flexibility index (Phi) is 5.03. The third-order valence-corrected chi connectivity index (χ3v) is 5.37. The molecule has 2 rings (SSSR count). The van der Waals surface area contributed by atoms with Gasteiger partial charge in [-0.2, -0.15) is 0 Å². The summed E-state index contributed by atoms with van der Waals surface area (Å²) in [5.41, 5.74) is -0.233. The Morgan fingerprint density at radius 3 is 2.89 bits per heavy atom. The van der Waals surface area contributed by atoms with E-state index in [4.69, 9.17) is 0 Å². The minimum absolute atomic E-state index is 0.233. The molecule has 1 aromatic heterocycles. The Bertz CT molecular complexity index is 440. The van der Waals surface area contributed by atoms with Crippen LogP contribution in [0, 0.1) is 5.41 Å². The van der Waals surface area contributed by atoms with Crippen molar-refractivity contribution in [2.24, 2.45) is 5.41 Å². The summed E-state index contributed by atoms with van der Waals surface area (Å²) >= 11 is 5.17. The normalized spacial score (nSPS) is 23.3. The number of nitrogens with zero attached hydrogens (tertiary/aromatic N) is 1. The van der Waals surface area contributed by atoms with Crippen LogP contribution in [0.4, 0.5) is 0 Å². The molecule has 1 fully saturated rings. The van der Waals surface area contributed by atoms with E-state index in [1.165, 1.54) is 4.88 Å². The van der Waals surface area contributed by atoms with Crippen LogP contribution >= 0.6 is 27.3 Å². The van der Waals surface area contributed by atoms with Gasteiger partial charge in [-0.3, -0.25) is 4.79 Å². The van der Waals surface area contributed by atoms with Gasteiger partial charge in [0, 0.05) is 18.0 Å². The number of amides is 1. The Morgan fingerprint density at radius 1 is 1.58 bits per heavy atom. The van der Waals surface area contributed by atoms with Crippen LogP contribution in [0.1, 0.15) is 31.6 Å². The molecule has 1 aliphatic rings. The average molecular weight is 345 g/mol. The van der Waals surface area contributed by atoms with E-state index < -0.39 is 0 Å². The molecule has 0 spiro atoms. The Labute approximate surface area is 127 Å². The second-order valence-corrected chi connectivity index (χ2v) is 7.91. The highest BCUT2D eigenvalue weighted by atomic mass is 79.9. The van der Waals surface area contributed by atoms with Gasteiger partial charge >= 0.3 is 0 Å². The topological polar surface area (TPSA) is 32.3 Å². The second-order valence-electron chi connectivity index (χ2n) is 5.37. The van der Waals surface area contributed by atoms with Crippen molar-refractivity contribution < 1.29 is 4.79 Å². The van der Waals surface area contributed by atoms with Crippen LogP contribution in [0.3, 0.4) is 0 Å². The maximum Gasteiger partial charge on any atom is 0.230 e. The third-order valence-electron chi connectivity index (χ3n) is 3.76. The minimum atomic E-state index is -0.233. The van der Waals surface area contributed by atoms with Gasteiger partial charge in [0.2, 0.25) is 5.91 Å². The lowest BCUT2D eigenvalue weighted by Crippen LogP contribution is -2.49. The fraction of sp³-hybridized carbons (Fsp3) is 0.643. The first-order valence-electron chi connectivity index (χ1n) is 6.79. The van der Waals surface area contributed by atoms with Crippen molar-refractivity contribution in [3.05, 3.63) is 20.8 Å². The van der Waals surface area contributed by atoms with Crippen molar-refractivity contribution in [1.29, 1.82) is 0 Å². The van der Waals surface area contributed by atoms with Crippen molar-refractivity contribution in [2.75, 3.05) is 19.6 Å². The molecule has 0 bridgehead atoms. The molecule has 0 aliphatic carbocycles. The van der Waals surface area contributed by atoms with Crippen LogP contribution in [0.15, 0.2) is 15.9 Å².